The van der Waals surface area contributed by atoms with E-state index in [1.54, 1.807) is 19.1 Å². The fourth-order valence-electron chi connectivity index (χ4n) is 4.08. The van der Waals surface area contributed by atoms with E-state index in [0.29, 0.717) is 26.2 Å². The van der Waals surface area contributed by atoms with Crippen molar-refractivity contribution in [3.05, 3.63) is 29.8 Å². The molecule has 0 radical (unpaired) electrons. The van der Waals surface area contributed by atoms with Crippen LogP contribution in [-0.2, 0) is 20.2 Å². The van der Waals surface area contributed by atoms with Gasteiger partial charge in [-0.25, -0.2) is 17.2 Å². The molecule has 0 saturated carbocycles. The third kappa shape index (κ3) is 5.43. The first-order valence-corrected chi connectivity index (χ1v) is 12.3. The molecular formula is C22H33F2N3O3S. The summed E-state index contributed by atoms with van der Waals surface area (Å²) in [6.07, 6.45) is -0.600. The molecule has 31 heavy (non-hydrogen) atoms. The van der Waals surface area contributed by atoms with Crippen LogP contribution in [0.5, 0.6) is 0 Å². The van der Waals surface area contributed by atoms with E-state index in [-0.39, 0.29) is 42.1 Å². The Hall–Kier alpha value is -1.58. The number of sulfonamides is 1. The molecule has 174 valence electrons. The second-order valence-electron chi connectivity index (χ2n) is 9.57. The summed E-state index contributed by atoms with van der Waals surface area (Å²) in [4.78, 5) is 16.4. The fraction of sp³-hybridized carbons (Fsp3) is 0.682. The van der Waals surface area contributed by atoms with E-state index in [1.165, 1.54) is 9.21 Å². The maximum Gasteiger partial charge on any atom is 0.251 e. The van der Waals surface area contributed by atoms with E-state index in [2.05, 4.69) is 20.8 Å². The molecule has 2 fully saturated rings. The van der Waals surface area contributed by atoms with Crippen LogP contribution in [0.4, 0.5) is 8.78 Å². The van der Waals surface area contributed by atoms with Crippen LogP contribution in [0, 0.1) is 0 Å². The van der Waals surface area contributed by atoms with Crippen molar-refractivity contribution in [3.8, 4) is 0 Å². The van der Waals surface area contributed by atoms with Crippen molar-refractivity contribution >= 4 is 15.9 Å². The number of rotatable bonds is 4. The van der Waals surface area contributed by atoms with E-state index in [1.807, 2.05) is 17.0 Å². The number of piperidine rings is 1. The largest absolute Gasteiger partial charge is 0.341 e. The average Bonchev–Trinajstić information content (AvgIpc) is 2.72. The van der Waals surface area contributed by atoms with Crippen molar-refractivity contribution in [1.29, 1.82) is 0 Å². The first-order valence-electron chi connectivity index (χ1n) is 10.8. The van der Waals surface area contributed by atoms with Gasteiger partial charge in [-0.05, 0) is 30.0 Å². The molecule has 0 N–H and O–H groups in total. The molecule has 0 aromatic heterocycles. The normalized spacial score (nSPS) is 22.3. The summed E-state index contributed by atoms with van der Waals surface area (Å²) in [5.41, 5.74) is 1.01. The quantitative estimate of drug-likeness (QED) is 0.698. The number of nitrogens with zero attached hydrogens (tertiary/aromatic N) is 3. The van der Waals surface area contributed by atoms with Gasteiger partial charge in [-0.15, -0.1) is 0 Å². The van der Waals surface area contributed by atoms with Crippen molar-refractivity contribution in [1.82, 2.24) is 14.1 Å². The van der Waals surface area contributed by atoms with E-state index in [9.17, 15) is 22.0 Å². The standard InChI is InChI=1S/C22H33F2N3O3S/c1-17(20(28)26-11-9-22(23,24)10-12-26)25-13-15-27(16-14-25)31(29,30)19-7-5-18(6-8-19)21(2,3)4/h5-8,17H,9-16H2,1-4H3. The Bertz CT molecular complexity index is 880. The second kappa shape index (κ2) is 8.75. The molecule has 6 nitrogen and oxygen atoms in total. The van der Waals surface area contributed by atoms with Crippen LogP contribution >= 0.6 is 0 Å². The summed E-state index contributed by atoms with van der Waals surface area (Å²) in [5.74, 6) is -2.85. The molecule has 1 atom stereocenters. The Morgan fingerprint density at radius 1 is 0.968 bits per heavy atom. The molecule has 0 aliphatic carbocycles. The van der Waals surface area contributed by atoms with Gasteiger partial charge in [0.1, 0.15) is 0 Å². The molecule has 0 spiro atoms. The van der Waals surface area contributed by atoms with Crippen molar-refractivity contribution < 1.29 is 22.0 Å². The number of amides is 1. The number of hydrogen-bond donors (Lipinski definition) is 0. The maximum atomic E-state index is 13.4. The summed E-state index contributed by atoms with van der Waals surface area (Å²) >= 11 is 0. The van der Waals surface area contributed by atoms with Crippen LogP contribution in [0.3, 0.4) is 0 Å². The highest BCUT2D eigenvalue weighted by atomic mass is 32.2. The van der Waals surface area contributed by atoms with Crippen molar-refractivity contribution in [2.24, 2.45) is 0 Å². The topological polar surface area (TPSA) is 60.9 Å². The van der Waals surface area contributed by atoms with Crippen molar-refractivity contribution in [2.45, 2.75) is 62.8 Å². The zero-order chi connectivity index (χ0) is 23.0. The number of likely N-dealkylation sites (tertiary alicyclic amines) is 1. The highest BCUT2D eigenvalue weighted by molar-refractivity contribution is 7.89. The summed E-state index contributed by atoms with van der Waals surface area (Å²) in [7, 11) is -3.60. The molecular weight excluding hydrogens is 424 g/mol. The Balaban J connectivity index is 1.59. The van der Waals surface area contributed by atoms with Gasteiger partial charge in [0, 0.05) is 52.1 Å². The summed E-state index contributed by atoms with van der Waals surface area (Å²) < 4.78 is 54.2. The van der Waals surface area contributed by atoms with Crippen LogP contribution in [0.1, 0.15) is 46.1 Å². The van der Waals surface area contributed by atoms with Crippen LogP contribution in [0.2, 0.25) is 0 Å². The minimum Gasteiger partial charge on any atom is -0.341 e. The number of alkyl halides is 2. The van der Waals surface area contributed by atoms with Gasteiger partial charge in [-0.2, -0.15) is 4.31 Å². The molecule has 2 aliphatic rings. The van der Waals surface area contributed by atoms with Gasteiger partial charge in [0.25, 0.3) is 5.92 Å². The Kier molecular flexibility index (Phi) is 6.79. The number of halogens is 2. The molecule has 2 saturated heterocycles. The lowest BCUT2D eigenvalue weighted by molar-refractivity contribution is -0.142. The number of piperazine rings is 1. The number of carbonyl (C=O) groups excluding carboxylic acids is 1. The fourth-order valence-corrected chi connectivity index (χ4v) is 5.50. The van der Waals surface area contributed by atoms with Crippen LogP contribution in [-0.4, -0.2) is 79.7 Å². The second-order valence-corrected chi connectivity index (χ2v) is 11.5. The van der Waals surface area contributed by atoms with Crippen molar-refractivity contribution in [2.75, 3.05) is 39.3 Å². The molecule has 3 rings (SSSR count). The first kappa shape index (κ1) is 24.1. The SMILES string of the molecule is CC(C(=O)N1CCC(F)(F)CC1)N1CCN(S(=O)(=O)c2ccc(C(C)(C)C)cc2)CC1. The molecule has 1 aromatic carbocycles. The number of hydrogen-bond acceptors (Lipinski definition) is 4. The average molecular weight is 458 g/mol. The van der Waals surface area contributed by atoms with Gasteiger partial charge in [0.15, 0.2) is 0 Å². The third-order valence-corrected chi connectivity index (χ3v) is 8.26. The van der Waals surface area contributed by atoms with Gasteiger partial charge >= 0.3 is 0 Å². The summed E-state index contributed by atoms with van der Waals surface area (Å²) in [6, 6.07) is 6.56. The lowest BCUT2D eigenvalue weighted by Gasteiger charge is -2.40. The lowest BCUT2D eigenvalue weighted by Crippen LogP contribution is -2.56. The minimum atomic E-state index is -3.60. The highest BCUT2D eigenvalue weighted by Crippen LogP contribution is 2.29. The van der Waals surface area contributed by atoms with E-state index in [4.69, 9.17) is 0 Å². The Morgan fingerprint density at radius 2 is 1.48 bits per heavy atom. The molecule has 1 unspecified atom stereocenters. The van der Waals surface area contributed by atoms with Crippen LogP contribution in [0.25, 0.3) is 0 Å². The van der Waals surface area contributed by atoms with Gasteiger partial charge in [-0.3, -0.25) is 9.69 Å². The molecule has 9 heteroatoms. The monoisotopic (exact) mass is 457 g/mol. The molecule has 1 amide bonds. The minimum absolute atomic E-state index is 0.0547. The predicted molar refractivity (Wildman–Crippen MR) is 116 cm³/mol. The number of benzene rings is 1. The number of carbonyl (C=O) groups is 1. The summed E-state index contributed by atoms with van der Waals surface area (Å²) in [6.45, 7) is 9.56. The zero-order valence-electron chi connectivity index (χ0n) is 18.8. The highest BCUT2D eigenvalue weighted by Gasteiger charge is 2.38. The third-order valence-electron chi connectivity index (χ3n) is 6.34. The molecule has 1 aromatic rings. The van der Waals surface area contributed by atoms with Gasteiger partial charge in [0.2, 0.25) is 15.9 Å². The van der Waals surface area contributed by atoms with Crippen LogP contribution in [0.15, 0.2) is 29.2 Å². The molecule has 2 heterocycles. The van der Waals surface area contributed by atoms with E-state index < -0.39 is 22.0 Å². The maximum absolute atomic E-state index is 13.4. The smallest absolute Gasteiger partial charge is 0.251 e. The van der Waals surface area contributed by atoms with Crippen LogP contribution < -0.4 is 0 Å². The zero-order valence-corrected chi connectivity index (χ0v) is 19.6. The van der Waals surface area contributed by atoms with E-state index >= 15 is 0 Å². The van der Waals surface area contributed by atoms with Crippen molar-refractivity contribution in [3.63, 3.8) is 0 Å². The Labute approximate surface area is 184 Å². The van der Waals surface area contributed by atoms with E-state index in [0.717, 1.165) is 5.56 Å². The van der Waals surface area contributed by atoms with Gasteiger partial charge in [0.05, 0.1) is 10.9 Å². The lowest BCUT2D eigenvalue weighted by atomic mass is 9.87. The first-order chi connectivity index (χ1) is 14.3. The molecule has 2 aliphatic heterocycles. The van der Waals surface area contributed by atoms with Gasteiger partial charge < -0.3 is 4.90 Å². The summed E-state index contributed by atoms with van der Waals surface area (Å²) in [5, 5.41) is 0. The Morgan fingerprint density at radius 3 is 1.97 bits per heavy atom. The molecule has 0 bridgehead atoms. The van der Waals surface area contributed by atoms with Gasteiger partial charge in [-0.1, -0.05) is 32.9 Å². The predicted octanol–water partition coefficient (Wildman–Crippen LogP) is 2.94.